The van der Waals surface area contributed by atoms with Crippen molar-refractivity contribution in [1.82, 2.24) is 4.90 Å². The number of ketones is 1. The molecular formula is C13H17ClFNO. The van der Waals surface area contributed by atoms with E-state index in [1.165, 1.54) is 12.1 Å². The monoisotopic (exact) mass is 257 g/mol. The quantitative estimate of drug-likeness (QED) is 0.827. The second-order valence-corrected chi connectivity index (χ2v) is 5.21. The summed E-state index contributed by atoms with van der Waals surface area (Å²) in [4.78, 5) is 13.9. The van der Waals surface area contributed by atoms with Crippen molar-refractivity contribution in [2.45, 2.75) is 25.8 Å². The van der Waals surface area contributed by atoms with E-state index < -0.39 is 11.4 Å². The lowest BCUT2D eigenvalue weighted by Gasteiger charge is -2.30. The Kier molecular flexibility index (Phi) is 4.28. The minimum absolute atomic E-state index is 0.0456. The van der Waals surface area contributed by atoms with Gasteiger partial charge >= 0.3 is 0 Å². The molecule has 94 valence electrons. The third-order valence-electron chi connectivity index (χ3n) is 3.15. The van der Waals surface area contributed by atoms with Gasteiger partial charge in [-0.05, 0) is 45.6 Å². The molecule has 0 saturated carbocycles. The van der Waals surface area contributed by atoms with E-state index in [-0.39, 0.29) is 17.2 Å². The lowest BCUT2D eigenvalue weighted by Crippen LogP contribution is -2.46. The summed E-state index contributed by atoms with van der Waals surface area (Å²) in [6.45, 7) is 3.70. The van der Waals surface area contributed by atoms with Gasteiger partial charge in [-0.25, -0.2) is 4.39 Å². The first kappa shape index (κ1) is 14.1. The molecule has 0 aromatic heterocycles. The average Bonchev–Trinajstić information content (AvgIpc) is 2.23. The summed E-state index contributed by atoms with van der Waals surface area (Å²) >= 11 is 5.59. The molecule has 0 N–H and O–H groups in total. The molecule has 0 aliphatic rings. The normalized spacial score (nSPS) is 11.9. The molecule has 0 saturated heterocycles. The summed E-state index contributed by atoms with van der Waals surface area (Å²) < 4.78 is 13.2. The summed E-state index contributed by atoms with van der Waals surface area (Å²) in [5.41, 5.74) is 0.0858. The molecule has 1 aromatic rings. The molecular weight excluding hydrogens is 241 g/mol. The molecule has 4 heteroatoms. The molecule has 1 aromatic carbocycles. The van der Waals surface area contributed by atoms with Gasteiger partial charge in [-0.2, -0.15) is 0 Å². The Labute approximate surface area is 106 Å². The van der Waals surface area contributed by atoms with E-state index in [1.807, 2.05) is 32.8 Å². The lowest BCUT2D eigenvalue weighted by atomic mass is 9.92. The minimum atomic E-state index is -0.559. The highest BCUT2D eigenvalue weighted by molar-refractivity contribution is 6.30. The standard InChI is InChI=1S/C13H17ClFNO/c1-13(2,16(3)4)12(17)8-9-5-6-10(14)11(15)7-9/h5-7H,8H2,1-4H3. The van der Waals surface area contributed by atoms with Crippen molar-refractivity contribution in [2.75, 3.05) is 14.1 Å². The van der Waals surface area contributed by atoms with Crippen LogP contribution in [0.4, 0.5) is 4.39 Å². The molecule has 2 nitrogen and oxygen atoms in total. The van der Waals surface area contributed by atoms with Crippen LogP contribution in [0.25, 0.3) is 0 Å². The summed E-state index contributed by atoms with van der Waals surface area (Å²) in [7, 11) is 3.70. The summed E-state index contributed by atoms with van der Waals surface area (Å²) in [5, 5.41) is 0.0769. The minimum Gasteiger partial charge on any atom is -0.298 e. The number of rotatable bonds is 4. The van der Waals surface area contributed by atoms with Crippen LogP contribution < -0.4 is 0 Å². The molecule has 0 bridgehead atoms. The zero-order chi connectivity index (χ0) is 13.2. The SMILES string of the molecule is CN(C)C(C)(C)C(=O)Cc1ccc(Cl)c(F)c1. The Morgan fingerprint density at radius 1 is 1.41 bits per heavy atom. The fourth-order valence-corrected chi connectivity index (χ4v) is 1.42. The number of benzene rings is 1. The van der Waals surface area contributed by atoms with E-state index in [0.29, 0.717) is 5.56 Å². The number of likely N-dealkylation sites (N-methyl/N-ethyl adjacent to an activating group) is 1. The van der Waals surface area contributed by atoms with E-state index in [2.05, 4.69) is 0 Å². The second-order valence-electron chi connectivity index (χ2n) is 4.80. The van der Waals surface area contributed by atoms with Crippen LogP contribution in [0.2, 0.25) is 5.02 Å². The van der Waals surface area contributed by atoms with Crippen LogP contribution in [0.15, 0.2) is 18.2 Å². The average molecular weight is 258 g/mol. The smallest absolute Gasteiger partial charge is 0.156 e. The molecule has 0 spiro atoms. The Balaban J connectivity index is 2.85. The van der Waals surface area contributed by atoms with Crippen LogP contribution in [-0.2, 0) is 11.2 Å². The van der Waals surface area contributed by atoms with Crippen molar-refractivity contribution in [3.8, 4) is 0 Å². The topological polar surface area (TPSA) is 20.3 Å². The van der Waals surface area contributed by atoms with Crippen molar-refractivity contribution in [2.24, 2.45) is 0 Å². The fourth-order valence-electron chi connectivity index (χ4n) is 1.30. The maximum atomic E-state index is 13.2. The van der Waals surface area contributed by atoms with Gasteiger partial charge in [0, 0.05) is 6.42 Å². The van der Waals surface area contributed by atoms with Crippen molar-refractivity contribution < 1.29 is 9.18 Å². The van der Waals surface area contributed by atoms with Gasteiger partial charge in [-0.3, -0.25) is 9.69 Å². The molecule has 0 unspecified atom stereocenters. The van der Waals surface area contributed by atoms with Crippen molar-refractivity contribution in [3.63, 3.8) is 0 Å². The van der Waals surface area contributed by atoms with E-state index >= 15 is 0 Å². The molecule has 1 rings (SSSR count). The highest BCUT2D eigenvalue weighted by atomic mass is 35.5. The predicted octanol–water partition coefficient (Wildman–Crippen LogP) is 2.93. The zero-order valence-corrected chi connectivity index (χ0v) is 11.3. The molecule has 0 aliphatic heterocycles. The van der Waals surface area contributed by atoms with Gasteiger partial charge in [-0.1, -0.05) is 17.7 Å². The predicted molar refractivity (Wildman–Crippen MR) is 67.9 cm³/mol. The molecule has 0 aliphatic carbocycles. The molecule has 0 fully saturated rings. The maximum Gasteiger partial charge on any atom is 0.156 e. The fraction of sp³-hybridized carbons (Fsp3) is 0.462. The Morgan fingerprint density at radius 3 is 2.47 bits per heavy atom. The number of carbonyl (C=O) groups is 1. The van der Waals surface area contributed by atoms with E-state index in [9.17, 15) is 9.18 Å². The van der Waals surface area contributed by atoms with Gasteiger partial charge in [0.05, 0.1) is 10.6 Å². The van der Waals surface area contributed by atoms with Gasteiger partial charge < -0.3 is 0 Å². The lowest BCUT2D eigenvalue weighted by molar-refractivity contribution is -0.127. The van der Waals surface area contributed by atoms with Crippen LogP contribution in [-0.4, -0.2) is 30.3 Å². The third kappa shape index (κ3) is 3.27. The molecule has 0 amide bonds. The Bertz CT molecular complexity index is 429. The van der Waals surface area contributed by atoms with Crippen molar-refractivity contribution >= 4 is 17.4 Å². The van der Waals surface area contributed by atoms with Crippen LogP contribution >= 0.6 is 11.6 Å². The van der Waals surface area contributed by atoms with E-state index in [0.717, 1.165) is 0 Å². The Hall–Kier alpha value is -0.930. The molecule has 0 radical (unpaired) electrons. The van der Waals surface area contributed by atoms with Crippen LogP contribution in [0.5, 0.6) is 0 Å². The summed E-state index contributed by atoms with van der Waals surface area (Å²) in [6.07, 6.45) is 0.208. The number of halogens is 2. The van der Waals surface area contributed by atoms with Crippen LogP contribution in [0.3, 0.4) is 0 Å². The molecule has 0 atom stereocenters. The first-order chi connectivity index (χ1) is 7.75. The largest absolute Gasteiger partial charge is 0.298 e. The number of nitrogens with zero attached hydrogens (tertiary/aromatic N) is 1. The van der Waals surface area contributed by atoms with Gasteiger partial charge in [-0.15, -0.1) is 0 Å². The summed E-state index contributed by atoms with van der Waals surface area (Å²) in [6, 6.07) is 4.46. The van der Waals surface area contributed by atoms with Crippen LogP contribution in [0.1, 0.15) is 19.4 Å². The van der Waals surface area contributed by atoms with Gasteiger partial charge in [0.2, 0.25) is 0 Å². The highest BCUT2D eigenvalue weighted by Crippen LogP contribution is 2.19. The second kappa shape index (κ2) is 5.15. The van der Waals surface area contributed by atoms with Gasteiger partial charge in [0.1, 0.15) is 5.82 Å². The van der Waals surface area contributed by atoms with Crippen LogP contribution in [0, 0.1) is 5.82 Å². The first-order valence-corrected chi connectivity index (χ1v) is 5.77. The first-order valence-electron chi connectivity index (χ1n) is 5.40. The third-order valence-corrected chi connectivity index (χ3v) is 3.46. The Morgan fingerprint density at radius 2 is 2.00 bits per heavy atom. The number of carbonyl (C=O) groups excluding carboxylic acids is 1. The van der Waals surface area contributed by atoms with Gasteiger partial charge in [0.25, 0.3) is 0 Å². The number of hydrogen-bond acceptors (Lipinski definition) is 2. The van der Waals surface area contributed by atoms with Crippen molar-refractivity contribution in [1.29, 1.82) is 0 Å². The molecule has 0 heterocycles. The van der Waals surface area contributed by atoms with Gasteiger partial charge in [0.15, 0.2) is 5.78 Å². The highest BCUT2D eigenvalue weighted by Gasteiger charge is 2.29. The number of Topliss-reactive ketones (excluding diaryl/α,β-unsaturated/α-hetero) is 1. The van der Waals surface area contributed by atoms with E-state index in [4.69, 9.17) is 11.6 Å². The maximum absolute atomic E-state index is 13.2. The molecule has 17 heavy (non-hydrogen) atoms. The number of hydrogen-bond donors (Lipinski definition) is 0. The summed E-state index contributed by atoms with van der Waals surface area (Å²) in [5.74, 6) is -0.441. The van der Waals surface area contributed by atoms with Crippen molar-refractivity contribution in [3.05, 3.63) is 34.6 Å². The zero-order valence-electron chi connectivity index (χ0n) is 10.6. The van der Waals surface area contributed by atoms with E-state index in [1.54, 1.807) is 6.07 Å².